The standard InChI is InChI=1S/C16H15N5O2/c1-20-13-5-3-2-4-11(13)19-14(15(20)22)16(23)21-7-6-10-12(8-21)18-9-17-10/h2-5,9H,6-8H2,1H3,(H,17,18). The predicted octanol–water partition coefficient (Wildman–Crippen LogP) is 0.855. The number of H-pyrrole nitrogens is 1. The molecule has 1 amide bonds. The maximum Gasteiger partial charge on any atom is 0.282 e. The third kappa shape index (κ3) is 2.12. The summed E-state index contributed by atoms with van der Waals surface area (Å²) in [5, 5.41) is 0. The van der Waals surface area contributed by atoms with E-state index in [-0.39, 0.29) is 17.2 Å². The number of carbonyl (C=O) groups excluding carboxylic acids is 1. The van der Waals surface area contributed by atoms with Crippen molar-refractivity contribution in [3.63, 3.8) is 0 Å². The molecule has 0 fully saturated rings. The number of aryl methyl sites for hydroxylation is 1. The Labute approximate surface area is 131 Å². The molecule has 4 rings (SSSR count). The van der Waals surface area contributed by atoms with E-state index in [0.717, 1.165) is 11.4 Å². The Kier molecular flexibility index (Phi) is 3.00. The molecule has 1 aliphatic heterocycles. The molecule has 1 aromatic carbocycles. The van der Waals surface area contributed by atoms with E-state index in [1.165, 1.54) is 4.57 Å². The lowest BCUT2D eigenvalue weighted by atomic mass is 10.1. The third-order valence-corrected chi connectivity index (χ3v) is 4.25. The number of amides is 1. The normalized spacial score (nSPS) is 14.0. The molecule has 0 spiro atoms. The van der Waals surface area contributed by atoms with Crippen molar-refractivity contribution in [2.24, 2.45) is 7.05 Å². The Morgan fingerprint density at radius 2 is 2.13 bits per heavy atom. The van der Waals surface area contributed by atoms with E-state index in [0.29, 0.717) is 30.5 Å². The number of hydrogen-bond donors (Lipinski definition) is 1. The highest BCUT2D eigenvalue weighted by Crippen LogP contribution is 2.17. The van der Waals surface area contributed by atoms with Crippen LogP contribution in [0, 0.1) is 0 Å². The molecule has 23 heavy (non-hydrogen) atoms. The van der Waals surface area contributed by atoms with Gasteiger partial charge in [0.15, 0.2) is 5.69 Å². The molecule has 0 unspecified atom stereocenters. The zero-order chi connectivity index (χ0) is 16.0. The number of nitrogens with zero attached hydrogens (tertiary/aromatic N) is 4. The van der Waals surface area contributed by atoms with Crippen molar-refractivity contribution in [3.8, 4) is 0 Å². The SMILES string of the molecule is Cn1c(=O)c(C(=O)N2CCc3nc[nH]c3C2)nc2ccccc21. The summed E-state index contributed by atoms with van der Waals surface area (Å²) in [6, 6.07) is 7.30. The Morgan fingerprint density at radius 3 is 3.00 bits per heavy atom. The molecule has 3 aromatic rings. The second kappa shape index (κ2) is 5.05. The Morgan fingerprint density at radius 1 is 1.30 bits per heavy atom. The van der Waals surface area contributed by atoms with Crippen LogP contribution >= 0.6 is 0 Å². The summed E-state index contributed by atoms with van der Waals surface area (Å²) in [4.78, 5) is 38.5. The zero-order valence-corrected chi connectivity index (χ0v) is 12.6. The summed E-state index contributed by atoms with van der Waals surface area (Å²) in [6.07, 6.45) is 2.31. The quantitative estimate of drug-likeness (QED) is 0.722. The maximum atomic E-state index is 12.8. The summed E-state index contributed by atoms with van der Waals surface area (Å²) >= 11 is 0. The molecule has 0 bridgehead atoms. The van der Waals surface area contributed by atoms with E-state index < -0.39 is 0 Å². The average Bonchev–Trinajstić information content (AvgIpc) is 3.05. The fourth-order valence-corrected chi connectivity index (χ4v) is 2.95. The molecule has 0 saturated heterocycles. The van der Waals surface area contributed by atoms with Crippen molar-refractivity contribution < 1.29 is 4.79 Å². The first kappa shape index (κ1) is 13.7. The molecule has 0 aliphatic carbocycles. The minimum absolute atomic E-state index is 0.0332. The lowest BCUT2D eigenvalue weighted by molar-refractivity contribution is 0.0724. The molecule has 1 aliphatic rings. The van der Waals surface area contributed by atoms with Crippen LogP contribution in [0.5, 0.6) is 0 Å². The number of hydrogen-bond acceptors (Lipinski definition) is 4. The van der Waals surface area contributed by atoms with Gasteiger partial charge in [0.25, 0.3) is 11.5 Å². The van der Waals surface area contributed by atoms with E-state index in [4.69, 9.17) is 0 Å². The second-order valence-electron chi connectivity index (χ2n) is 5.62. The first-order valence-electron chi connectivity index (χ1n) is 7.41. The minimum atomic E-state index is -0.371. The van der Waals surface area contributed by atoms with Gasteiger partial charge in [-0.05, 0) is 12.1 Å². The first-order chi connectivity index (χ1) is 11.1. The Balaban J connectivity index is 1.76. The van der Waals surface area contributed by atoms with Crippen molar-refractivity contribution in [2.45, 2.75) is 13.0 Å². The van der Waals surface area contributed by atoms with Crippen LogP contribution in [-0.2, 0) is 20.0 Å². The van der Waals surface area contributed by atoms with Crippen LogP contribution in [0.3, 0.4) is 0 Å². The van der Waals surface area contributed by atoms with Gasteiger partial charge in [-0.1, -0.05) is 12.1 Å². The number of rotatable bonds is 1. The molecule has 0 saturated carbocycles. The molecule has 7 nitrogen and oxygen atoms in total. The number of fused-ring (bicyclic) bond motifs is 2. The summed E-state index contributed by atoms with van der Waals surface area (Å²) in [5.74, 6) is -0.336. The van der Waals surface area contributed by atoms with Crippen molar-refractivity contribution >= 4 is 16.9 Å². The molecule has 1 N–H and O–H groups in total. The monoisotopic (exact) mass is 309 g/mol. The van der Waals surface area contributed by atoms with E-state index in [2.05, 4.69) is 15.0 Å². The minimum Gasteiger partial charge on any atom is -0.347 e. The van der Waals surface area contributed by atoms with Gasteiger partial charge >= 0.3 is 0 Å². The van der Waals surface area contributed by atoms with Gasteiger partial charge in [-0.25, -0.2) is 9.97 Å². The summed E-state index contributed by atoms with van der Waals surface area (Å²) < 4.78 is 1.47. The van der Waals surface area contributed by atoms with Gasteiger partial charge in [0.05, 0.1) is 35.3 Å². The van der Waals surface area contributed by atoms with Gasteiger partial charge in [0, 0.05) is 20.0 Å². The van der Waals surface area contributed by atoms with Crippen molar-refractivity contribution in [1.82, 2.24) is 24.4 Å². The number of para-hydroxylation sites is 2. The van der Waals surface area contributed by atoms with Gasteiger partial charge in [-0.2, -0.15) is 0 Å². The Bertz CT molecular complexity index is 972. The van der Waals surface area contributed by atoms with E-state index in [9.17, 15) is 9.59 Å². The molecule has 0 atom stereocenters. The number of imidazole rings is 1. The molecule has 3 heterocycles. The van der Waals surface area contributed by atoms with Gasteiger partial charge in [0.2, 0.25) is 0 Å². The van der Waals surface area contributed by atoms with Gasteiger partial charge in [-0.15, -0.1) is 0 Å². The van der Waals surface area contributed by atoms with Gasteiger partial charge in [-0.3, -0.25) is 9.59 Å². The highest BCUT2D eigenvalue weighted by atomic mass is 16.2. The van der Waals surface area contributed by atoms with E-state index in [1.54, 1.807) is 24.3 Å². The fourth-order valence-electron chi connectivity index (χ4n) is 2.95. The van der Waals surface area contributed by atoms with Crippen molar-refractivity contribution in [1.29, 1.82) is 0 Å². The third-order valence-electron chi connectivity index (χ3n) is 4.25. The molecule has 0 radical (unpaired) electrons. The molecule has 2 aromatic heterocycles. The van der Waals surface area contributed by atoms with E-state index >= 15 is 0 Å². The number of benzene rings is 1. The summed E-state index contributed by atoms with van der Waals surface area (Å²) in [7, 11) is 1.66. The smallest absolute Gasteiger partial charge is 0.282 e. The number of aromatic amines is 1. The Hall–Kier alpha value is -2.96. The lowest BCUT2D eigenvalue weighted by Gasteiger charge is -2.25. The molecule has 7 heteroatoms. The van der Waals surface area contributed by atoms with Crippen LogP contribution in [0.15, 0.2) is 35.4 Å². The van der Waals surface area contributed by atoms with Crippen LogP contribution in [0.1, 0.15) is 21.9 Å². The summed E-state index contributed by atoms with van der Waals surface area (Å²) in [5.41, 5.74) is 2.84. The van der Waals surface area contributed by atoms with Crippen LogP contribution in [-0.4, -0.2) is 36.9 Å². The maximum absolute atomic E-state index is 12.8. The number of nitrogens with one attached hydrogen (secondary N) is 1. The van der Waals surface area contributed by atoms with E-state index in [1.807, 2.05) is 18.2 Å². The van der Waals surface area contributed by atoms with Crippen LogP contribution in [0.25, 0.3) is 11.0 Å². The van der Waals surface area contributed by atoms with Crippen LogP contribution in [0.4, 0.5) is 0 Å². The highest BCUT2D eigenvalue weighted by Gasteiger charge is 2.26. The van der Waals surface area contributed by atoms with Crippen molar-refractivity contribution in [2.75, 3.05) is 6.54 Å². The average molecular weight is 309 g/mol. The first-order valence-corrected chi connectivity index (χ1v) is 7.41. The zero-order valence-electron chi connectivity index (χ0n) is 12.6. The predicted molar refractivity (Wildman–Crippen MR) is 84.0 cm³/mol. The second-order valence-corrected chi connectivity index (χ2v) is 5.62. The fraction of sp³-hybridized carbons (Fsp3) is 0.250. The largest absolute Gasteiger partial charge is 0.347 e. The number of carbonyl (C=O) groups is 1. The van der Waals surface area contributed by atoms with Gasteiger partial charge in [0.1, 0.15) is 0 Å². The molecule has 116 valence electrons. The van der Waals surface area contributed by atoms with Crippen LogP contribution in [0.2, 0.25) is 0 Å². The topological polar surface area (TPSA) is 83.9 Å². The number of aromatic nitrogens is 4. The summed E-state index contributed by atoms with van der Waals surface area (Å²) in [6.45, 7) is 0.959. The van der Waals surface area contributed by atoms with Gasteiger partial charge < -0.3 is 14.5 Å². The highest BCUT2D eigenvalue weighted by molar-refractivity contribution is 5.94. The molecular weight excluding hydrogens is 294 g/mol. The lowest BCUT2D eigenvalue weighted by Crippen LogP contribution is -2.40. The van der Waals surface area contributed by atoms with Crippen molar-refractivity contribution in [3.05, 3.63) is 58.0 Å². The van der Waals surface area contributed by atoms with Crippen LogP contribution < -0.4 is 5.56 Å². The molecular formula is C16H15N5O2.